The Morgan fingerprint density at radius 3 is 2.60 bits per heavy atom. The van der Waals surface area contributed by atoms with E-state index in [2.05, 4.69) is 98.8 Å². The molecule has 5 heteroatoms. The molecule has 10 rings (SSSR count). The summed E-state index contributed by atoms with van der Waals surface area (Å²) in [5, 5.41) is 3.57. The largest absolute Gasteiger partial charge is 0.456 e. The molecule has 7 heterocycles. The van der Waals surface area contributed by atoms with Gasteiger partial charge in [0.2, 0.25) is 5.69 Å². The predicted octanol–water partition coefficient (Wildman–Crippen LogP) is 5.07. The van der Waals surface area contributed by atoms with Crippen molar-refractivity contribution in [2.45, 2.75) is 5.66 Å². The summed E-state index contributed by atoms with van der Waals surface area (Å²) in [4.78, 5) is 4.91. The summed E-state index contributed by atoms with van der Waals surface area (Å²) in [6.45, 7) is 0. The van der Waals surface area contributed by atoms with Crippen LogP contribution in [0.25, 0.3) is 49.5 Å². The number of benzene rings is 3. The van der Waals surface area contributed by atoms with Gasteiger partial charge in [0.25, 0.3) is 11.0 Å². The van der Waals surface area contributed by atoms with Crippen molar-refractivity contribution in [2.24, 2.45) is 0 Å². The lowest BCUT2D eigenvalue weighted by Gasteiger charge is -2.27. The van der Waals surface area contributed by atoms with Gasteiger partial charge in [0.15, 0.2) is 11.8 Å². The third-order valence-corrected chi connectivity index (χ3v) is 8.21. The summed E-state index contributed by atoms with van der Waals surface area (Å²) in [6, 6.07) is 30.2. The Kier molecular flexibility index (Phi) is 2.47. The zero-order valence-corrected chi connectivity index (χ0v) is 18.4. The average Bonchev–Trinajstić information content (AvgIpc) is 3.53. The Balaban J connectivity index is 1.63. The minimum absolute atomic E-state index is 0.582. The molecular formula is C30H16N4O+2. The number of rotatable bonds is 0. The molecule has 3 aliphatic rings. The van der Waals surface area contributed by atoms with E-state index >= 15 is 0 Å². The van der Waals surface area contributed by atoms with Crippen LogP contribution in [0.4, 0.5) is 0 Å². The molecule has 0 saturated carbocycles. The molecule has 4 aromatic heterocycles. The smallest absolute Gasteiger partial charge is 0.361 e. The Hall–Kier alpha value is -4.77. The molecule has 0 aliphatic carbocycles. The molecule has 0 fully saturated rings. The van der Waals surface area contributed by atoms with E-state index in [0.717, 1.165) is 22.5 Å². The lowest BCUT2D eigenvalue weighted by Crippen LogP contribution is -2.62. The van der Waals surface area contributed by atoms with Crippen LogP contribution in [-0.2, 0) is 5.66 Å². The first-order chi connectivity index (χ1) is 17.4. The molecule has 0 saturated heterocycles. The van der Waals surface area contributed by atoms with Gasteiger partial charge < -0.3 is 4.74 Å². The first-order valence-electron chi connectivity index (χ1n) is 11.9. The third-order valence-electron chi connectivity index (χ3n) is 8.21. The summed E-state index contributed by atoms with van der Waals surface area (Å²) in [6.07, 6.45) is 4.12. The molecule has 1 unspecified atom stereocenters. The van der Waals surface area contributed by atoms with E-state index in [4.69, 9.17) is 9.72 Å². The van der Waals surface area contributed by atoms with Gasteiger partial charge in [-0.25, -0.2) is 4.98 Å². The molecule has 0 N–H and O–H groups in total. The number of fused-ring (bicyclic) bond motifs is 8. The number of hydrogen-bond acceptors (Lipinski definition) is 2. The highest BCUT2D eigenvalue weighted by atomic mass is 16.5. The van der Waals surface area contributed by atoms with Gasteiger partial charge in [-0.3, -0.25) is 0 Å². The van der Waals surface area contributed by atoms with Gasteiger partial charge in [0.1, 0.15) is 28.1 Å². The SMILES string of the molecule is c1cc2c3c(c1)-c1cccc[n+]1C31c3c(ccc4c5cccnc5c5c6ccccc6n1[n+]5c34)O2. The van der Waals surface area contributed by atoms with Crippen LogP contribution in [0.2, 0.25) is 0 Å². The number of aromatic nitrogens is 4. The summed E-state index contributed by atoms with van der Waals surface area (Å²) < 4.78 is 14.0. The fraction of sp³-hybridized carbons (Fsp3) is 0.0333. The first kappa shape index (κ1) is 16.8. The molecule has 1 spiro atoms. The van der Waals surface area contributed by atoms with Crippen molar-refractivity contribution >= 4 is 38.2 Å². The summed E-state index contributed by atoms with van der Waals surface area (Å²) >= 11 is 0. The summed E-state index contributed by atoms with van der Waals surface area (Å²) in [5.74, 6) is 1.83. The van der Waals surface area contributed by atoms with Crippen LogP contribution in [-0.4, -0.2) is 9.67 Å². The van der Waals surface area contributed by atoms with Crippen LogP contribution >= 0.6 is 0 Å². The highest BCUT2D eigenvalue weighted by Gasteiger charge is 2.69. The second-order valence-electron chi connectivity index (χ2n) is 9.63. The molecule has 160 valence electrons. The van der Waals surface area contributed by atoms with Crippen LogP contribution in [0.5, 0.6) is 11.5 Å². The topological polar surface area (TPSA) is 35.0 Å². The minimum atomic E-state index is -0.582. The summed E-state index contributed by atoms with van der Waals surface area (Å²) in [5.41, 5.74) is 8.77. The molecule has 3 aliphatic heterocycles. The second kappa shape index (κ2) is 5.15. The maximum absolute atomic E-state index is 6.65. The Morgan fingerprint density at radius 2 is 1.60 bits per heavy atom. The molecule has 35 heavy (non-hydrogen) atoms. The van der Waals surface area contributed by atoms with Gasteiger partial charge in [-0.2, -0.15) is 4.57 Å². The van der Waals surface area contributed by atoms with E-state index in [1.807, 2.05) is 12.3 Å². The monoisotopic (exact) mass is 448 g/mol. The van der Waals surface area contributed by atoms with Crippen molar-refractivity contribution in [3.8, 4) is 22.8 Å². The van der Waals surface area contributed by atoms with E-state index in [1.165, 1.54) is 49.6 Å². The molecular weight excluding hydrogens is 432 g/mol. The van der Waals surface area contributed by atoms with Crippen molar-refractivity contribution in [1.82, 2.24) is 9.67 Å². The maximum Gasteiger partial charge on any atom is 0.361 e. The highest BCUT2D eigenvalue weighted by molar-refractivity contribution is 6.15. The molecule has 0 radical (unpaired) electrons. The van der Waals surface area contributed by atoms with Crippen molar-refractivity contribution < 1.29 is 13.8 Å². The molecule has 1 atom stereocenters. The van der Waals surface area contributed by atoms with Crippen LogP contribution in [0, 0.1) is 0 Å². The second-order valence-corrected chi connectivity index (χ2v) is 9.63. The Morgan fingerprint density at radius 1 is 0.714 bits per heavy atom. The Bertz CT molecular complexity index is 2160. The third kappa shape index (κ3) is 1.52. The van der Waals surface area contributed by atoms with Gasteiger partial charge in [0.05, 0.1) is 16.3 Å². The maximum atomic E-state index is 6.65. The molecule has 5 nitrogen and oxygen atoms in total. The van der Waals surface area contributed by atoms with Crippen molar-refractivity contribution in [1.29, 1.82) is 0 Å². The fourth-order valence-corrected chi connectivity index (χ4v) is 7.11. The van der Waals surface area contributed by atoms with Gasteiger partial charge in [-0.15, -0.1) is 0 Å². The van der Waals surface area contributed by atoms with Gasteiger partial charge in [-0.05, 0) is 48.5 Å². The molecule has 0 bridgehead atoms. The first-order valence-corrected chi connectivity index (χ1v) is 11.9. The quantitative estimate of drug-likeness (QED) is 0.240. The fourth-order valence-electron chi connectivity index (χ4n) is 7.11. The van der Waals surface area contributed by atoms with E-state index in [9.17, 15) is 0 Å². The minimum Gasteiger partial charge on any atom is -0.456 e. The zero-order valence-electron chi connectivity index (χ0n) is 18.4. The van der Waals surface area contributed by atoms with E-state index in [-0.39, 0.29) is 0 Å². The molecule has 7 aromatic rings. The molecule has 0 amide bonds. The summed E-state index contributed by atoms with van der Waals surface area (Å²) in [7, 11) is 0. The lowest BCUT2D eigenvalue weighted by molar-refractivity contribution is -0.765. The van der Waals surface area contributed by atoms with E-state index in [1.54, 1.807) is 0 Å². The van der Waals surface area contributed by atoms with Crippen LogP contribution in [0.1, 0.15) is 11.1 Å². The van der Waals surface area contributed by atoms with Gasteiger partial charge >= 0.3 is 5.66 Å². The standard InChI is InChI=1S/C30H16N4O/c1-2-11-22-20(7-1)29-27-17(9-6-15-31-27)18-13-14-24-26-28(18)33(29)34(22)30(26)25-19(8-5-12-23(25)35-24)21-10-3-4-16-32(21)30/h1-16H/q+2. The van der Waals surface area contributed by atoms with Crippen molar-refractivity contribution in [3.63, 3.8) is 0 Å². The normalized spacial score (nSPS) is 18.1. The number of pyridine rings is 3. The van der Waals surface area contributed by atoms with E-state index in [0.29, 0.717) is 0 Å². The van der Waals surface area contributed by atoms with Crippen molar-refractivity contribution in [2.75, 3.05) is 0 Å². The van der Waals surface area contributed by atoms with Gasteiger partial charge in [0, 0.05) is 23.7 Å². The van der Waals surface area contributed by atoms with Gasteiger partial charge in [-0.1, -0.05) is 33.5 Å². The highest BCUT2D eigenvalue weighted by Crippen LogP contribution is 2.58. The number of hydrogen-bond donors (Lipinski definition) is 0. The zero-order chi connectivity index (χ0) is 22.5. The Labute approximate surface area is 198 Å². The van der Waals surface area contributed by atoms with Crippen LogP contribution in [0.3, 0.4) is 0 Å². The van der Waals surface area contributed by atoms with Crippen LogP contribution < -0.4 is 13.8 Å². The predicted molar refractivity (Wildman–Crippen MR) is 132 cm³/mol. The van der Waals surface area contributed by atoms with E-state index < -0.39 is 5.66 Å². The number of para-hydroxylation sites is 1. The van der Waals surface area contributed by atoms with Crippen molar-refractivity contribution in [3.05, 3.63) is 108 Å². The number of nitrogens with zero attached hydrogens (tertiary/aromatic N) is 4. The number of ether oxygens (including phenoxy) is 1. The lowest BCUT2D eigenvalue weighted by atomic mass is 9.85. The molecule has 3 aromatic carbocycles. The van der Waals surface area contributed by atoms with Crippen LogP contribution in [0.15, 0.2) is 97.3 Å². The average molecular weight is 448 g/mol.